The molecule has 0 unspecified atom stereocenters. The van der Waals surface area contributed by atoms with Gasteiger partial charge in [-0.25, -0.2) is 0 Å². The average molecular weight is 195 g/mol. The molecule has 1 aromatic heterocycles. The van der Waals surface area contributed by atoms with E-state index in [9.17, 15) is 0 Å². The molecule has 0 aliphatic carbocycles. The third kappa shape index (κ3) is 1.32. The fourth-order valence-corrected chi connectivity index (χ4v) is 1.82. The van der Waals surface area contributed by atoms with Gasteiger partial charge in [0.2, 0.25) is 0 Å². The van der Waals surface area contributed by atoms with Crippen LogP contribution in [0.2, 0.25) is 5.15 Å². The molecule has 0 atom stereocenters. The number of aryl methyl sites for hydroxylation is 1. The number of nitrogens with two attached hydrogens (primary N) is 1. The van der Waals surface area contributed by atoms with Crippen LogP contribution in [0.25, 0.3) is 10.9 Å². The Balaban J connectivity index is 2.79. The number of nitrogens with one attached hydrogen (secondary N) is 1. The molecule has 3 N–H and O–H groups in total. The first kappa shape index (κ1) is 8.60. The van der Waals surface area contributed by atoms with Crippen molar-refractivity contribution in [3.8, 4) is 0 Å². The lowest BCUT2D eigenvalue weighted by Crippen LogP contribution is -1.95. The molecule has 13 heavy (non-hydrogen) atoms. The Bertz CT molecular complexity index is 445. The minimum atomic E-state index is 0.474. The molecule has 0 fully saturated rings. The van der Waals surface area contributed by atoms with Crippen LogP contribution in [0.4, 0.5) is 0 Å². The summed E-state index contributed by atoms with van der Waals surface area (Å²) in [5.74, 6) is 0. The van der Waals surface area contributed by atoms with Gasteiger partial charge in [0.15, 0.2) is 0 Å². The topological polar surface area (TPSA) is 41.8 Å². The molecule has 0 amide bonds. The quantitative estimate of drug-likeness (QED) is 0.720. The van der Waals surface area contributed by atoms with E-state index in [-0.39, 0.29) is 0 Å². The third-order valence-electron chi connectivity index (χ3n) is 2.21. The highest BCUT2D eigenvalue weighted by Gasteiger charge is 2.07. The number of hydrogen-bond acceptors (Lipinski definition) is 1. The number of rotatable bonds is 1. The van der Waals surface area contributed by atoms with Gasteiger partial charge < -0.3 is 10.7 Å². The van der Waals surface area contributed by atoms with Crippen LogP contribution >= 0.6 is 11.6 Å². The van der Waals surface area contributed by atoms with Crippen LogP contribution in [0.5, 0.6) is 0 Å². The Kier molecular flexibility index (Phi) is 2.02. The van der Waals surface area contributed by atoms with E-state index >= 15 is 0 Å². The van der Waals surface area contributed by atoms with Crippen molar-refractivity contribution < 1.29 is 0 Å². The lowest BCUT2D eigenvalue weighted by molar-refractivity contribution is 1.08. The van der Waals surface area contributed by atoms with Crippen molar-refractivity contribution in [2.75, 3.05) is 0 Å². The number of halogens is 1. The second kappa shape index (κ2) is 3.05. The van der Waals surface area contributed by atoms with E-state index < -0.39 is 0 Å². The molecule has 1 heterocycles. The summed E-state index contributed by atoms with van der Waals surface area (Å²) in [6.45, 7) is 2.53. The zero-order chi connectivity index (χ0) is 9.42. The zero-order valence-electron chi connectivity index (χ0n) is 7.39. The number of benzene rings is 1. The monoisotopic (exact) mass is 194 g/mol. The Morgan fingerprint density at radius 3 is 2.92 bits per heavy atom. The highest BCUT2D eigenvalue weighted by atomic mass is 35.5. The maximum atomic E-state index is 5.98. The third-order valence-corrected chi connectivity index (χ3v) is 2.54. The van der Waals surface area contributed by atoms with Gasteiger partial charge in [-0.3, -0.25) is 0 Å². The summed E-state index contributed by atoms with van der Waals surface area (Å²) < 4.78 is 0. The van der Waals surface area contributed by atoms with Gasteiger partial charge in [0, 0.05) is 23.0 Å². The molecule has 68 valence electrons. The maximum absolute atomic E-state index is 5.98. The minimum absolute atomic E-state index is 0.474. The first-order valence-corrected chi connectivity index (χ1v) is 4.57. The first-order chi connectivity index (χ1) is 6.22. The van der Waals surface area contributed by atoms with Crippen LogP contribution in [0, 0.1) is 6.92 Å². The smallest absolute Gasteiger partial charge is 0.111 e. The van der Waals surface area contributed by atoms with E-state index in [4.69, 9.17) is 17.3 Å². The van der Waals surface area contributed by atoms with Crippen molar-refractivity contribution in [1.82, 2.24) is 4.98 Å². The van der Waals surface area contributed by atoms with Crippen molar-refractivity contribution >= 4 is 22.5 Å². The molecule has 0 aliphatic heterocycles. The van der Waals surface area contributed by atoms with Gasteiger partial charge in [-0.1, -0.05) is 23.7 Å². The molecule has 2 rings (SSSR count). The summed E-state index contributed by atoms with van der Waals surface area (Å²) in [5, 5.41) is 1.78. The molecular weight excluding hydrogens is 184 g/mol. The van der Waals surface area contributed by atoms with E-state index in [2.05, 4.69) is 30.1 Å². The highest BCUT2D eigenvalue weighted by Crippen LogP contribution is 2.26. The van der Waals surface area contributed by atoms with Crippen LogP contribution < -0.4 is 5.73 Å². The molecule has 1 aromatic carbocycles. The molecule has 0 bridgehead atoms. The fraction of sp³-hybridized carbons (Fsp3) is 0.200. The van der Waals surface area contributed by atoms with Gasteiger partial charge >= 0.3 is 0 Å². The second-order valence-corrected chi connectivity index (χ2v) is 3.55. The SMILES string of the molecule is Cc1ccc2c(CN)c(Cl)[nH]c2c1. The summed E-state index contributed by atoms with van der Waals surface area (Å²) in [7, 11) is 0. The molecule has 2 aromatic rings. The van der Waals surface area contributed by atoms with Crippen molar-refractivity contribution in [2.45, 2.75) is 13.5 Å². The van der Waals surface area contributed by atoms with Gasteiger partial charge in [0.1, 0.15) is 5.15 Å². The Labute approximate surface area is 81.7 Å². The van der Waals surface area contributed by atoms with Crippen LogP contribution in [0.1, 0.15) is 11.1 Å². The summed E-state index contributed by atoms with van der Waals surface area (Å²) >= 11 is 5.98. The Hall–Kier alpha value is -0.990. The number of hydrogen-bond donors (Lipinski definition) is 2. The molecule has 0 saturated carbocycles. The van der Waals surface area contributed by atoms with Crippen molar-refractivity contribution in [1.29, 1.82) is 0 Å². The summed E-state index contributed by atoms with van der Waals surface area (Å²) in [6.07, 6.45) is 0. The molecule has 0 saturated heterocycles. The van der Waals surface area contributed by atoms with Gasteiger partial charge in [0.05, 0.1) is 0 Å². The second-order valence-electron chi connectivity index (χ2n) is 3.17. The molecular formula is C10H11ClN2. The summed E-state index contributed by atoms with van der Waals surface area (Å²) in [5.41, 5.74) is 8.87. The van der Waals surface area contributed by atoms with Crippen LogP contribution in [-0.2, 0) is 6.54 Å². The average Bonchev–Trinajstić information content (AvgIpc) is 2.39. The van der Waals surface area contributed by atoms with E-state index in [0.29, 0.717) is 11.7 Å². The lowest BCUT2D eigenvalue weighted by atomic mass is 10.1. The normalized spacial score (nSPS) is 11.0. The largest absolute Gasteiger partial charge is 0.345 e. The van der Waals surface area contributed by atoms with E-state index in [1.807, 2.05) is 0 Å². The molecule has 3 heteroatoms. The molecule has 0 spiro atoms. The van der Waals surface area contributed by atoms with Gasteiger partial charge in [-0.05, 0) is 18.6 Å². The molecule has 0 radical (unpaired) electrons. The van der Waals surface area contributed by atoms with E-state index in [1.165, 1.54) is 5.56 Å². The van der Waals surface area contributed by atoms with Crippen LogP contribution in [-0.4, -0.2) is 4.98 Å². The predicted molar refractivity (Wildman–Crippen MR) is 55.9 cm³/mol. The first-order valence-electron chi connectivity index (χ1n) is 4.19. The van der Waals surface area contributed by atoms with Crippen molar-refractivity contribution in [2.24, 2.45) is 5.73 Å². The lowest BCUT2D eigenvalue weighted by Gasteiger charge is -1.95. The maximum Gasteiger partial charge on any atom is 0.111 e. The number of aromatic nitrogens is 1. The highest BCUT2D eigenvalue weighted by molar-refractivity contribution is 6.31. The molecule has 2 nitrogen and oxygen atoms in total. The minimum Gasteiger partial charge on any atom is -0.345 e. The fourth-order valence-electron chi connectivity index (χ4n) is 1.54. The zero-order valence-corrected chi connectivity index (χ0v) is 8.15. The number of H-pyrrole nitrogens is 1. The summed E-state index contributed by atoms with van der Waals surface area (Å²) in [6, 6.07) is 6.18. The van der Waals surface area contributed by atoms with E-state index in [0.717, 1.165) is 16.5 Å². The van der Waals surface area contributed by atoms with Gasteiger partial charge in [-0.2, -0.15) is 0 Å². The van der Waals surface area contributed by atoms with Crippen molar-refractivity contribution in [3.63, 3.8) is 0 Å². The Morgan fingerprint density at radius 2 is 2.23 bits per heavy atom. The summed E-state index contributed by atoms with van der Waals surface area (Å²) in [4.78, 5) is 3.10. The predicted octanol–water partition coefficient (Wildman–Crippen LogP) is 2.59. The van der Waals surface area contributed by atoms with Crippen LogP contribution in [0.15, 0.2) is 18.2 Å². The van der Waals surface area contributed by atoms with E-state index in [1.54, 1.807) is 0 Å². The van der Waals surface area contributed by atoms with Crippen LogP contribution in [0.3, 0.4) is 0 Å². The number of aromatic amines is 1. The van der Waals surface area contributed by atoms with Gasteiger partial charge in [-0.15, -0.1) is 0 Å². The number of fused-ring (bicyclic) bond motifs is 1. The Morgan fingerprint density at radius 1 is 1.46 bits per heavy atom. The molecule has 0 aliphatic rings. The van der Waals surface area contributed by atoms with Crippen molar-refractivity contribution in [3.05, 3.63) is 34.5 Å². The standard InChI is InChI=1S/C10H11ClN2/c1-6-2-3-7-8(5-12)10(11)13-9(7)4-6/h2-4,13H,5,12H2,1H3. The van der Waals surface area contributed by atoms with Gasteiger partial charge in [0.25, 0.3) is 0 Å².